The predicted molar refractivity (Wildman–Crippen MR) is 89.8 cm³/mol. The quantitative estimate of drug-likeness (QED) is 0.527. The molecule has 3 aliphatic rings. The molecule has 3 aliphatic carbocycles. The molecule has 0 aromatic carbocycles. The minimum Gasteiger partial charge on any atom is -0.0625 e. The maximum absolute atomic E-state index is 2.42. The third-order valence-electron chi connectivity index (χ3n) is 6.59. The van der Waals surface area contributed by atoms with Crippen molar-refractivity contribution in [2.75, 3.05) is 0 Å². The average molecular weight is 279 g/mol. The molecule has 0 heteroatoms. The lowest BCUT2D eigenvalue weighted by Crippen LogP contribution is -2.22. The highest BCUT2D eigenvalue weighted by Crippen LogP contribution is 2.48. The first kappa shape index (κ1) is 16.4. The molecule has 0 aromatic heterocycles. The molecule has 0 aliphatic heterocycles. The largest absolute Gasteiger partial charge is 0.0625 e. The van der Waals surface area contributed by atoms with Gasteiger partial charge in [0.15, 0.2) is 0 Å². The van der Waals surface area contributed by atoms with Gasteiger partial charge in [-0.3, -0.25) is 0 Å². The predicted octanol–water partition coefficient (Wildman–Crippen LogP) is 6.69. The van der Waals surface area contributed by atoms with E-state index >= 15 is 0 Å². The summed E-state index contributed by atoms with van der Waals surface area (Å²) < 4.78 is 0. The van der Waals surface area contributed by atoms with Crippen molar-refractivity contribution in [3.05, 3.63) is 0 Å². The van der Waals surface area contributed by atoms with Gasteiger partial charge < -0.3 is 0 Å². The Morgan fingerprint density at radius 1 is 0.600 bits per heavy atom. The van der Waals surface area contributed by atoms with Crippen LogP contribution in [0.25, 0.3) is 0 Å². The highest BCUT2D eigenvalue weighted by Gasteiger charge is 2.38. The molecule has 0 bridgehead atoms. The summed E-state index contributed by atoms with van der Waals surface area (Å²) in [7, 11) is 0. The lowest BCUT2D eigenvalue weighted by atomic mass is 9.75. The van der Waals surface area contributed by atoms with Gasteiger partial charge in [0.2, 0.25) is 0 Å². The van der Waals surface area contributed by atoms with Crippen LogP contribution in [0, 0.1) is 35.5 Å². The summed E-state index contributed by atoms with van der Waals surface area (Å²) in [5.41, 5.74) is 0. The van der Waals surface area contributed by atoms with Crippen LogP contribution in [0.3, 0.4) is 0 Å². The lowest BCUT2D eigenvalue weighted by molar-refractivity contribution is 0.193. The van der Waals surface area contributed by atoms with Gasteiger partial charge in [-0.25, -0.2) is 0 Å². The molecule has 3 atom stereocenters. The second-order valence-corrected chi connectivity index (χ2v) is 8.48. The van der Waals surface area contributed by atoms with Gasteiger partial charge in [0.1, 0.15) is 0 Å². The molecular weight excluding hydrogens is 240 g/mol. The van der Waals surface area contributed by atoms with Crippen molar-refractivity contribution in [3.8, 4) is 0 Å². The molecule has 118 valence electrons. The third-order valence-corrected chi connectivity index (χ3v) is 6.59. The number of hydrogen-bond donors (Lipinski definition) is 0. The molecule has 20 heavy (non-hydrogen) atoms. The van der Waals surface area contributed by atoms with Gasteiger partial charge in [-0.15, -0.1) is 0 Å². The minimum atomic E-state index is 0.942. The van der Waals surface area contributed by atoms with Gasteiger partial charge in [0.05, 0.1) is 0 Å². The Kier molecular flexibility index (Phi) is 6.43. The fourth-order valence-electron chi connectivity index (χ4n) is 5.23. The first-order valence-electron chi connectivity index (χ1n) is 9.59. The molecule has 0 radical (unpaired) electrons. The van der Waals surface area contributed by atoms with E-state index in [4.69, 9.17) is 0 Å². The Bertz CT molecular complexity index is 259. The van der Waals surface area contributed by atoms with Gasteiger partial charge in [0, 0.05) is 0 Å². The summed E-state index contributed by atoms with van der Waals surface area (Å²) in [5, 5.41) is 0. The highest BCUT2D eigenvalue weighted by atomic mass is 14.4. The minimum absolute atomic E-state index is 0.942. The molecule has 3 rings (SSSR count). The van der Waals surface area contributed by atoms with Crippen molar-refractivity contribution >= 4 is 0 Å². The highest BCUT2D eigenvalue weighted by molar-refractivity contribution is 4.88. The van der Waals surface area contributed by atoms with Crippen molar-refractivity contribution in [1.82, 2.24) is 0 Å². The van der Waals surface area contributed by atoms with Crippen LogP contribution >= 0.6 is 0 Å². The van der Waals surface area contributed by atoms with E-state index in [2.05, 4.69) is 27.7 Å². The van der Waals surface area contributed by atoms with Crippen LogP contribution in [-0.4, -0.2) is 0 Å². The lowest BCUT2D eigenvalue weighted by Gasteiger charge is -2.31. The van der Waals surface area contributed by atoms with Crippen LogP contribution in [0.1, 0.15) is 91.9 Å². The third kappa shape index (κ3) is 4.25. The first-order chi connectivity index (χ1) is 9.59. The Balaban J connectivity index is 0.000000160. The average Bonchev–Trinajstić information content (AvgIpc) is 3.09. The van der Waals surface area contributed by atoms with Crippen molar-refractivity contribution in [1.29, 1.82) is 0 Å². The summed E-state index contributed by atoms with van der Waals surface area (Å²) in [6, 6.07) is 0. The van der Waals surface area contributed by atoms with Crippen molar-refractivity contribution in [3.63, 3.8) is 0 Å². The zero-order chi connectivity index (χ0) is 14.5. The van der Waals surface area contributed by atoms with E-state index in [1.165, 1.54) is 44.9 Å². The standard InChI is InChI=1S/C12H22.C8H16/c1-9(2)11-8-7-10-5-3-4-6-12(10)11;1-7(2)8-5-3-4-6-8/h9-12H,3-8H2,1-2H3;7-8H,3-6H2,1-2H3. The number of fused-ring (bicyclic) bond motifs is 1. The molecular formula is C20H38. The van der Waals surface area contributed by atoms with Crippen LogP contribution in [-0.2, 0) is 0 Å². The monoisotopic (exact) mass is 278 g/mol. The number of rotatable bonds is 2. The molecule has 0 N–H and O–H groups in total. The van der Waals surface area contributed by atoms with E-state index in [-0.39, 0.29) is 0 Å². The topological polar surface area (TPSA) is 0 Å². The second kappa shape index (κ2) is 7.85. The van der Waals surface area contributed by atoms with E-state index < -0.39 is 0 Å². The summed E-state index contributed by atoms with van der Waals surface area (Å²) in [6.07, 6.45) is 15.2. The summed E-state index contributed by atoms with van der Waals surface area (Å²) in [4.78, 5) is 0. The summed E-state index contributed by atoms with van der Waals surface area (Å²) >= 11 is 0. The van der Waals surface area contributed by atoms with E-state index in [9.17, 15) is 0 Å². The zero-order valence-corrected chi connectivity index (χ0v) is 14.5. The van der Waals surface area contributed by atoms with Crippen LogP contribution in [0.2, 0.25) is 0 Å². The van der Waals surface area contributed by atoms with Gasteiger partial charge in [-0.05, 0) is 54.8 Å². The van der Waals surface area contributed by atoms with E-state index in [0.29, 0.717) is 0 Å². The summed E-state index contributed by atoms with van der Waals surface area (Å²) in [6.45, 7) is 9.52. The Labute approximate surface area is 128 Å². The molecule has 0 amide bonds. The van der Waals surface area contributed by atoms with Crippen molar-refractivity contribution in [2.24, 2.45) is 35.5 Å². The van der Waals surface area contributed by atoms with Crippen LogP contribution in [0.4, 0.5) is 0 Å². The van der Waals surface area contributed by atoms with Crippen molar-refractivity contribution in [2.45, 2.75) is 91.9 Å². The molecule has 0 nitrogen and oxygen atoms in total. The molecule has 3 unspecified atom stereocenters. The first-order valence-corrected chi connectivity index (χ1v) is 9.59. The fourth-order valence-corrected chi connectivity index (χ4v) is 5.23. The molecule has 3 saturated carbocycles. The Morgan fingerprint density at radius 2 is 1.20 bits per heavy atom. The van der Waals surface area contributed by atoms with Gasteiger partial charge >= 0.3 is 0 Å². The fraction of sp³-hybridized carbons (Fsp3) is 1.00. The van der Waals surface area contributed by atoms with Crippen LogP contribution in [0.5, 0.6) is 0 Å². The maximum atomic E-state index is 2.42. The molecule has 0 spiro atoms. The van der Waals surface area contributed by atoms with E-state index in [1.54, 1.807) is 19.3 Å². The van der Waals surface area contributed by atoms with Gasteiger partial charge in [-0.1, -0.05) is 72.6 Å². The summed E-state index contributed by atoms with van der Waals surface area (Å²) in [5.74, 6) is 6.28. The normalized spacial score (nSPS) is 34.2. The molecule has 0 aromatic rings. The molecule has 3 fully saturated rings. The smallest absolute Gasteiger partial charge is 0.0355 e. The zero-order valence-electron chi connectivity index (χ0n) is 14.5. The van der Waals surface area contributed by atoms with Gasteiger partial charge in [-0.2, -0.15) is 0 Å². The Hall–Kier alpha value is 0. The molecule has 0 heterocycles. The Morgan fingerprint density at radius 3 is 1.75 bits per heavy atom. The van der Waals surface area contributed by atoms with Crippen LogP contribution in [0.15, 0.2) is 0 Å². The molecule has 0 saturated heterocycles. The van der Waals surface area contributed by atoms with Crippen LogP contribution < -0.4 is 0 Å². The van der Waals surface area contributed by atoms with Crippen molar-refractivity contribution < 1.29 is 0 Å². The van der Waals surface area contributed by atoms with Gasteiger partial charge in [0.25, 0.3) is 0 Å². The van der Waals surface area contributed by atoms with E-state index in [0.717, 1.165) is 35.5 Å². The maximum Gasteiger partial charge on any atom is -0.0355 e. The SMILES string of the molecule is CC(C)C1CCC2CCCCC21.CC(C)C1CCCC1. The number of hydrogen-bond acceptors (Lipinski definition) is 0. The van der Waals surface area contributed by atoms with E-state index in [1.807, 2.05) is 0 Å². The second-order valence-electron chi connectivity index (χ2n) is 8.48.